The van der Waals surface area contributed by atoms with Gasteiger partial charge < -0.3 is 30.3 Å². The number of alkyl halides is 1. The second-order valence-electron chi connectivity index (χ2n) is 19.3. The van der Waals surface area contributed by atoms with Gasteiger partial charge in [0.1, 0.15) is 17.2 Å². The van der Waals surface area contributed by atoms with Crippen molar-refractivity contribution in [1.82, 2.24) is 15.1 Å². The van der Waals surface area contributed by atoms with E-state index < -0.39 is 11.0 Å². The van der Waals surface area contributed by atoms with Crippen molar-refractivity contribution in [2.24, 2.45) is 0 Å². The quantitative estimate of drug-likeness (QED) is 0.112. The number of nitrogens with one attached hydrogen (secondary N) is 1. The Morgan fingerprint density at radius 2 is 1.19 bits per heavy atom. The Bertz CT molecular complexity index is 2080. The molecule has 1 unspecified atom stereocenters. The number of likely N-dealkylation sites (tertiary alicyclic amines) is 2. The van der Waals surface area contributed by atoms with Gasteiger partial charge in [-0.15, -0.1) is 0 Å². The summed E-state index contributed by atoms with van der Waals surface area (Å²) in [6, 6.07) is 36.8. The van der Waals surface area contributed by atoms with Crippen LogP contribution in [0.25, 0.3) is 0 Å². The van der Waals surface area contributed by atoms with E-state index >= 15 is 0 Å². The van der Waals surface area contributed by atoms with Crippen molar-refractivity contribution in [1.29, 1.82) is 0 Å². The molecule has 6 fully saturated rings. The van der Waals surface area contributed by atoms with Crippen LogP contribution < -0.4 is 5.32 Å². The smallest absolute Gasteiger partial charge is 0.405 e. The first-order chi connectivity index (χ1) is 30.4. The van der Waals surface area contributed by atoms with Crippen LogP contribution in [0.4, 0.5) is 4.79 Å². The number of hydrogen-bond acceptors (Lipinski definition) is 8. The number of carbonyl (C=O) groups excluding carboxylic acids is 1. The molecule has 0 amide bonds. The molecule has 0 radical (unpaired) electrons. The fraction of sp³-hybridized carbons (Fsp3) is 0.528. The molecule has 3 saturated carbocycles. The van der Waals surface area contributed by atoms with Crippen LogP contribution in [0, 0.1) is 0 Å². The number of halogens is 2. The lowest BCUT2D eigenvalue weighted by atomic mass is 9.63. The molecule has 3 aliphatic heterocycles. The monoisotopic (exact) mass is 897 g/mol. The van der Waals surface area contributed by atoms with Gasteiger partial charge in [0, 0.05) is 36.3 Å². The summed E-state index contributed by atoms with van der Waals surface area (Å²) in [7, 11) is 2.25. The Labute approximate surface area is 386 Å². The van der Waals surface area contributed by atoms with E-state index in [9.17, 15) is 20.1 Å². The fourth-order valence-corrected chi connectivity index (χ4v) is 12.3. The molecular weight excluding hydrogens is 830 g/mol. The third kappa shape index (κ3) is 12.1. The molecule has 7 atom stereocenters. The van der Waals surface area contributed by atoms with Crippen LogP contribution in [-0.2, 0) is 27.5 Å². The third-order valence-corrected chi connectivity index (χ3v) is 15.5. The van der Waals surface area contributed by atoms with E-state index in [2.05, 4.69) is 75.4 Å². The Kier molecular flexibility index (Phi) is 16.1. The first-order valence-corrected chi connectivity index (χ1v) is 24.3. The molecule has 340 valence electrons. The molecule has 0 spiro atoms. The van der Waals surface area contributed by atoms with Crippen LogP contribution in [0.1, 0.15) is 125 Å². The summed E-state index contributed by atoms with van der Waals surface area (Å²) in [4.78, 5) is 14.9. The lowest BCUT2D eigenvalue weighted by Crippen LogP contribution is -2.51. The Morgan fingerprint density at radius 1 is 0.683 bits per heavy atom. The molecular formula is C53H69Cl2N3O5. The largest absolute Gasteiger partial charge is 0.508 e. The number of nitrogens with zero attached hydrogens (tertiary/aromatic N) is 2. The van der Waals surface area contributed by atoms with Crippen LogP contribution in [0.2, 0.25) is 0 Å². The summed E-state index contributed by atoms with van der Waals surface area (Å²) in [5, 5.41) is 32.8. The third-order valence-electron chi connectivity index (χ3n) is 15.3. The van der Waals surface area contributed by atoms with Gasteiger partial charge in [0.25, 0.3) is 0 Å². The maximum atomic E-state index is 9.87. The van der Waals surface area contributed by atoms with E-state index in [4.69, 9.17) is 23.2 Å². The minimum absolute atomic E-state index is 0.287. The zero-order valence-electron chi connectivity index (χ0n) is 37.4. The van der Waals surface area contributed by atoms with E-state index in [1.54, 1.807) is 18.2 Å². The highest BCUT2D eigenvalue weighted by molar-refractivity contribution is 6.61. The standard InChI is InChI=1S/C21H25NO.C15H21NO.C14H19NO.C3H4Cl2O2/c23-20-10-4-8-18(14-20)21-11-5-9-19(15-21)22(13-12-21)16-17-6-2-1-3-7-17;1-16-9-8-15(7-3-5-13(16)11-15)12-4-2-6-14(17)10-12;16-13-5-1-3-11(9-13)14-6-2-4-12(10-14)15-8-7-14;1-2(4)7-3(5)6/h1-4,6-8,10,14,19,23H,5,9,11-13,15-16H2;2,4,6,10,13,17H,3,5,7-9,11H2,1H3;1,3,5,9,12,15-16H,2,4,6-8,10H2;2H,1H3/t19-,21+;13-,15+;12-,14+;/m000./s1. The highest BCUT2D eigenvalue weighted by Gasteiger charge is 2.45. The summed E-state index contributed by atoms with van der Waals surface area (Å²) >= 11 is 9.87. The number of rotatable bonds is 6. The Balaban J connectivity index is 0.000000134. The molecule has 3 saturated heterocycles. The van der Waals surface area contributed by atoms with E-state index in [0.717, 1.165) is 25.7 Å². The van der Waals surface area contributed by atoms with Gasteiger partial charge in [-0.05, 0) is 186 Å². The van der Waals surface area contributed by atoms with Gasteiger partial charge in [-0.1, -0.05) is 97.6 Å². The molecule has 10 rings (SSSR count). The van der Waals surface area contributed by atoms with E-state index in [1.165, 1.54) is 132 Å². The van der Waals surface area contributed by atoms with Crippen molar-refractivity contribution in [2.75, 3.05) is 26.7 Å². The molecule has 10 heteroatoms. The molecule has 6 bridgehead atoms. The number of phenolic OH excluding ortho intramolecular Hbond substituents is 3. The maximum Gasteiger partial charge on any atom is 0.405 e. The van der Waals surface area contributed by atoms with Crippen LogP contribution in [0.3, 0.4) is 0 Å². The summed E-state index contributed by atoms with van der Waals surface area (Å²) in [5.41, 5.74) is 4.93. The molecule has 4 N–H and O–H groups in total. The van der Waals surface area contributed by atoms with Crippen LogP contribution in [-0.4, -0.2) is 80.9 Å². The molecule has 3 heterocycles. The number of hydrogen-bond donors (Lipinski definition) is 4. The summed E-state index contributed by atoms with van der Waals surface area (Å²) < 4.78 is 4.14. The zero-order valence-corrected chi connectivity index (χ0v) is 38.9. The van der Waals surface area contributed by atoms with Crippen molar-refractivity contribution < 1.29 is 24.9 Å². The van der Waals surface area contributed by atoms with Gasteiger partial charge in [-0.25, -0.2) is 4.79 Å². The summed E-state index contributed by atoms with van der Waals surface area (Å²) in [6.07, 6.45) is 19.2. The van der Waals surface area contributed by atoms with E-state index in [-0.39, 0.29) is 5.41 Å². The van der Waals surface area contributed by atoms with Gasteiger partial charge in [-0.2, -0.15) is 0 Å². The van der Waals surface area contributed by atoms with Crippen LogP contribution >= 0.6 is 23.2 Å². The number of ether oxygens (including phenoxy) is 1. The number of carbonyl (C=O) groups is 1. The minimum atomic E-state index is -0.873. The van der Waals surface area contributed by atoms with Crippen molar-refractivity contribution in [3.63, 3.8) is 0 Å². The molecule has 4 aromatic carbocycles. The molecule has 3 aliphatic carbocycles. The van der Waals surface area contributed by atoms with Gasteiger partial charge >= 0.3 is 5.43 Å². The lowest BCUT2D eigenvalue weighted by molar-refractivity contribution is 0.0458. The van der Waals surface area contributed by atoms with Gasteiger partial charge in [0.2, 0.25) is 0 Å². The number of piperidine rings is 3. The van der Waals surface area contributed by atoms with Gasteiger partial charge in [0.15, 0.2) is 5.56 Å². The molecule has 4 aromatic rings. The number of benzene rings is 4. The fourth-order valence-electron chi connectivity index (χ4n) is 12.1. The van der Waals surface area contributed by atoms with Crippen LogP contribution in [0.15, 0.2) is 103 Å². The lowest BCUT2D eigenvalue weighted by Gasteiger charge is -2.51. The van der Waals surface area contributed by atoms with Crippen molar-refractivity contribution >= 4 is 28.6 Å². The summed E-state index contributed by atoms with van der Waals surface area (Å²) in [6.45, 7) is 6.05. The molecule has 63 heavy (non-hydrogen) atoms. The predicted molar refractivity (Wildman–Crippen MR) is 255 cm³/mol. The Morgan fingerprint density at radius 3 is 1.71 bits per heavy atom. The topological polar surface area (TPSA) is 106 Å². The second kappa shape index (κ2) is 21.5. The van der Waals surface area contributed by atoms with Crippen molar-refractivity contribution in [3.05, 3.63) is 125 Å². The zero-order chi connectivity index (χ0) is 44.5. The SMILES string of the molecule is CC(Cl)OC(=O)Cl.CN1CC[C@]2(c3cccc(O)c3)CCC[C@H]1C2.Oc1cccc([C@@]23CCC[C@@H](C2)N(Cc2ccccc2)CC3)c1.Oc1cccc([C@@]23CCC[C@@H](C2)NCC3)c1. The van der Waals surface area contributed by atoms with E-state index in [1.807, 2.05) is 36.4 Å². The first-order valence-electron chi connectivity index (χ1n) is 23.5. The average Bonchev–Trinajstić information content (AvgIpc) is 3.27. The van der Waals surface area contributed by atoms with Crippen molar-refractivity contribution in [2.45, 2.75) is 150 Å². The summed E-state index contributed by atoms with van der Waals surface area (Å²) in [5.74, 6) is 1.23. The minimum Gasteiger partial charge on any atom is -0.508 e. The number of aromatic hydroxyl groups is 3. The van der Waals surface area contributed by atoms with Crippen molar-refractivity contribution in [3.8, 4) is 17.2 Å². The van der Waals surface area contributed by atoms with Crippen LogP contribution in [0.5, 0.6) is 17.2 Å². The second-order valence-corrected chi connectivity index (χ2v) is 20.2. The highest BCUT2D eigenvalue weighted by atomic mass is 35.5. The molecule has 0 aromatic heterocycles. The Hall–Kier alpha value is -3.79. The highest BCUT2D eigenvalue weighted by Crippen LogP contribution is 2.49. The number of phenols is 3. The molecule has 6 aliphatic rings. The van der Waals surface area contributed by atoms with E-state index in [0.29, 0.717) is 40.2 Å². The number of fused-ring (bicyclic) bond motifs is 6. The maximum absolute atomic E-state index is 9.87. The average molecular weight is 899 g/mol. The molecule has 8 nitrogen and oxygen atoms in total. The van der Waals surface area contributed by atoms with Gasteiger partial charge in [-0.3, -0.25) is 4.90 Å². The first kappa shape index (κ1) is 47.2. The normalized spacial score (nSPS) is 29.2. The van der Waals surface area contributed by atoms with Gasteiger partial charge in [0.05, 0.1) is 0 Å². The predicted octanol–water partition coefficient (Wildman–Crippen LogP) is 11.9.